The highest BCUT2D eigenvalue weighted by atomic mass is 16.2. The fourth-order valence-corrected chi connectivity index (χ4v) is 1.89. The van der Waals surface area contributed by atoms with Crippen molar-refractivity contribution in [2.24, 2.45) is 0 Å². The van der Waals surface area contributed by atoms with Gasteiger partial charge in [0.1, 0.15) is 0 Å². The van der Waals surface area contributed by atoms with E-state index in [0.29, 0.717) is 6.54 Å². The molecule has 1 amide bonds. The predicted octanol–water partition coefficient (Wildman–Crippen LogP) is 0.342. The van der Waals surface area contributed by atoms with E-state index >= 15 is 0 Å². The Bertz CT molecular complexity index is 361. The fourth-order valence-electron chi connectivity index (χ4n) is 1.89. The third-order valence-electron chi connectivity index (χ3n) is 2.72. The first-order chi connectivity index (χ1) is 7.79. The third-order valence-corrected chi connectivity index (χ3v) is 2.72. The lowest BCUT2D eigenvalue weighted by Crippen LogP contribution is -2.47. The topological polar surface area (TPSA) is 44.4 Å². The Hall–Kier alpha value is -1.55. The summed E-state index contributed by atoms with van der Waals surface area (Å²) in [4.78, 5) is 13.4. The van der Waals surface area contributed by atoms with Gasteiger partial charge < -0.3 is 15.5 Å². The van der Waals surface area contributed by atoms with E-state index in [1.807, 2.05) is 7.05 Å². The molecular formula is C12H17N3O. The molecule has 0 aromatic heterocycles. The molecule has 0 aliphatic carbocycles. The zero-order valence-electron chi connectivity index (χ0n) is 9.49. The van der Waals surface area contributed by atoms with E-state index in [2.05, 4.69) is 39.8 Å². The van der Waals surface area contributed by atoms with Gasteiger partial charge in [-0.05, 0) is 24.7 Å². The Labute approximate surface area is 95.6 Å². The second kappa shape index (κ2) is 4.99. The smallest absolute Gasteiger partial charge is 0.239 e. The molecule has 1 aromatic carbocycles. The minimum Gasteiger partial charge on any atom is -0.360 e. The Morgan fingerprint density at radius 2 is 2.12 bits per heavy atom. The second-order valence-electron chi connectivity index (χ2n) is 3.97. The molecule has 1 aliphatic rings. The Morgan fingerprint density at radius 3 is 2.75 bits per heavy atom. The van der Waals surface area contributed by atoms with E-state index in [1.165, 1.54) is 5.56 Å². The van der Waals surface area contributed by atoms with Crippen LogP contribution in [0.3, 0.4) is 0 Å². The molecule has 2 rings (SSSR count). The zero-order valence-corrected chi connectivity index (χ0v) is 9.49. The quantitative estimate of drug-likeness (QED) is 0.770. The first-order valence-electron chi connectivity index (χ1n) is 5.55. The molecule has 0 atom stereocenters. The number of amides is 1. The number of carbonyl (C=O) groups is 1. The van der Waals surface area contributed by atoms with E-state index in [0.717, 1.165) is 25.3 Å². The van der Waals surface area contributed by atoms with Crippen LogP contribution in [-0.4, -0.2) is 32.6 Å². The van der Waals surface area contributed by atoms with Crippen molar-refractivity contribution in [3.8, 4) is 0 Å². The van der Waals surface area contributed by atoms with Crippen molar-refractivity contribution in [1.29, 1.82) is 0 Å². The number of nitrogens with one attached hydrogen (secondary N) is 2. The number of nitrogens with zero attached hydrogens (tertiary/aromatic N) is 1. The van der Waals surface area contributed by atoms with Gasteiger partial charge >= 0.3 is 0 Å². The third kappa shape index (κ3) is 2.52. The number of benzene rings is 1. The van der Waals surface area contributed by atoms with E-state index < -0.39 is 0 Å². The molecule has 0 saturated carbocycles. The molecular weight excluding hydrogens is 202 g/mol. The zero-order chi connectivity index (χ0) is 11.4. The summed E-state index contributed by atoms with van der Waals surface area (Å²) in [7, 11) is 1.93. The van der Waals surface area contributed by atoms with E-state index in [9.17, 15) is 4.79 Å². The van der Waals surface area contributed by atoms with Crippen molar-refractivity contribution in [2.45, 2.75) is 6.54 Å². The first kappa shape index (κ1) is 11.0. The molecule has 1 saturated heterocycles. The minimum atomic E-state index is 0.102. The van der Waals surface area contributed by atoms with Gasteiger partial charge in [0.15, 0.2) is 0 Å². The van der Waals surface area contributed by atoms with Crippen LogP contribution in [0.2, 0.25) is 0 Å². The molecule has 1 heterocycles. The van der Waals surface area contributed by atoms with Crippen molar-refractivity contribution in [1.82, 2.24) is 10.6 Å². The van der Waals surface area contributed by atoms with E-state index in [1.54, 1.807) is 0 Å². The summed E-state index contributed by atoms with van der Waals surface area (Å²) in [5, 5.41) is 5.94. The van der Waals surface area contributed by atoms with Crippen molar-refractivity contribution < 1.29 is 4.79 Å². The number of carbonyl (C=O) groups excluding carboxylic acids is 1. The maximum atomic E-state index is 11.3. The van der Waals surface area contributed by atoms with Gasteiger partial charge in [-0.2, -0.15) is 0 Å². The largest absolute Gasteiger partial charge is 0.360 e. The lowest BCUT2D eigenvalue weighted by Gasteiger charge is -2.28. The molecule has 16 heavy (non-hydrogen) atoms. The fraction of sp³-hybridized carbons (Fsp3) is 0.417. The summed E-state index contributed by atoms with van der Waals surface area (Å²) in [6.07, 6.45) is 0. The number of anilines is 1. The van der Waals surface area contributed by atoms with Crippen LogP contribution in [0.25, 0.3) is 0 Å². The monoisotopic (exact) mass is 219 g/mol. The maximum absolute atomic E-state index is 11.3. The van der Waals surface area contributed by atoms with Crippen LogP contribution >= 0.6 is 0 Å². The molecule has 1 aromatic rings. The summed E-state index contributed by atoms with van der Waals surface area (Å²) >= 11 is 0. The van der Waals surface area contributed by atoms with Gasteiger partial charge in [0.25, 0.3) is 0 Å². The van der Waals surface area contributed by atoms with Crippen LogP contribution in [0.4, 0.5) is 5.69 Å². The average molecular weight is 219 g/mol. The number of rotatable bonds is 3. The van der Waals surface area contributed by atoms with Crippen LogP contribution in [0.1, 0.15) is 5.56 Å². The van der Waals surface area contributed by atoms with Crippen molar-refractivity contribution in [2.75, 3.05) is 31.6 Å². The van der Waals surface area contributed by atoms with Crippen LogP contribution in [0, 0.1) is 0 Å². The summed E-state index contributed by atoms with van der Waals surface area (Å²) < 4.78 is 0. The molecule has 0 radical (unpaired) electrons. The van der Waals surface area contributed by atoms with Crippen LogP contribution < -0.4 is 15.5 Å². The lowest BCUT2D eigenvalue weighted by molar-refractivity contribution is -0.120. The predicted molar refractivity (Wildman–Crippen MR) is 64.4 cm³/mol. The Kier molecular flexibility index (Phi) is 3.41. The van der Waals surface area contributed by atoms with Crippen molar-refractivity contribution in [3.63, 3.8) is 0 Å². The highest BCUT2D eigenvalue weighted by Crippen LogP contribution is 2.15. The number of piperazine rings is 1. The first-order valence-corrected chi connectivity index (χ1v) is 5.55. The van der Waals surface area contributed by atoms with Gasteiger partial charge in [-0.15, -0.1) is 0 Å². The molecule has 0 unspecified atom stereocenters. The normalized spacial score (nSPS) is 16.1. The molecule has 86 valence electrons. The second-order valence-corrected chi connectivity index (χ2v) is 3.97. The standard InChI is InChI=1S/C12H17N3O/c1-13-8-10-2-4-11(5-3-10)15-7-6-14-12(16)9-15/h2-5,13H,6-9H2,1H3,(H,14,16). The highest BCUT2D eigenvalue weighted by molar-refractivity contribution is 5.82. The molecule has 4 heteroatoms. The summed E-state index contributed by atoms with van der Waals surface area (Å²) in [6.45, 7) is 2.96. The van der Waals surface area contributed by atoms with E-state index in [-0.39, 0.29) is 5.91 Å². The molecule has 2 N–H and O–H groups in total. The van der Waals surface area contributed by atoms with Crippen molar-refractivity contribution >= 4 is 11.6 Å². The Morgan fingerprint density at radius 1 is 1.38 bits per heavy atom. The molecule has 4 nitrogen and oxygen atoms in total. The lowest BCUT2D eigenvalue weighted by atomic mass is 10.2. The van der Waals surface area contributed by atoms with Gasteiger partial charge in [0.05, 0.1) is 6.54 Å². The number of hydrogen-bond acceptors (Lipinski definition) is 3. The van der Waals surface area contributed by atoms with Crippen LogP contribution in [0.15, 0.2) is 24.3 Å². The maximum Gasteiger partial charge on any atom is 0.239 e. The summed E-state index contributed by atoms with van der Waals surface area (Å²) in [5.41, 5.74) is 2.38. The van der Waals surface area contributed by atoms with Crippen LogP contribution in [-0.2, 0) is 11.3 Å². The molecule has 1 fully saturated rings. The van der Waals surface area contributed by atoms with Gasteiger partial charge in [-0.1, -0.05) is 12.1 Å². The van der Waals surface area contributed by atoms with Gasteiger partial charge in [0, 0.05) is 25.3 Å². The highest BCUT2D eigenvalue weighted by Gasteiger charge is 2.15. The Balaban J connectivity index is 2.05. The average Bonchev–Trinajstić information content (AvgIpc) is 2.30. The van der Waals surface area contributed by atoms with Crippen LogP contribution in [0.5, 0.6) is 0 Å². The molecule has 0 bridgehead atoms. The number of hydrogen-bond donors (Lipinski definition) is 2. The minimum absolute atomic E-state index is 0.102. The molecule has 0 spiro atoms. The van der Waals surface area contributed by atoms with E-state index in [4.69, 9.17) is 0 Å². The van der Waals surface area contributed by atoms with Gasteiger partial charge in [0.2, 0.25) is 5.91 Å². The SMILES string of the molecule is CNCc1ccc(N2CCNC(=O)C2)cc1. The van der Waals surface area contributed by atoms with Gasteiger partial charge in [-0.3, -0.25) is 4.79 Å². The molecule has 1 aliphatic heterocycles. The summed E-state index contributed by atoms with van der Waals surface area (Å²) in [5.74, 6) is 0.102. The van der Waals surface area contributed by atoms with Crippen molar-refractivity contribution in [3.05, 3.63) is 29.8 Å². The summed E-state index contributed by atoms with van der Waals surface area (Å²) in [6, 6.07) is 8.34. The van der Waals surface area contributed by atoms with Gasteiger partial charge in [-0.25, -0.2) is 0 Å².